The Kier molecular flexibility index (Phi) is 15.7. The highest BCUT2D eigenvalue weighted by molar-refractivity contribution is 7.16. The third kappa shape index (κ3) is 9.31. The lowest BCUT2D eigenvalue weighted by molar-refractivity contribution is 0.666. The zero-order valence-corrected chi connectivity index (χ0v) is 44.1. The number of benzene rings is 5. The van der Waals surface area contributed by atoms with Crippen molar-refractivity contribution in [2.24, 2.45) is 0 Å². The molecule has 0 nitrogen and oxygen atoms in total. The molecule has 0 unspecified atom stereocenters. The Bertz CT molecular complexity index is 2420. The molecular weight excluding hydrogens is 857 g/mol. The fourth-order valence-corrected chi connectivity index (χ4v) is 14.4. The van der Waals surface area contributed by atoms with Crippen LogP contribution in [0.4, 0.5) is 0 Å². The number of hydrogen-bond acceptors (Lipinski definition) is 2. The van der Waals surface area contributed by atoms with Gasteiger partial charge in [-0.2, -0.15) is 0 Å². The standard InChI is InChI=1S/C66H78S2/c1-7-11-15-19-23-49-27-35-53(36-28-49)65(54-37-29-50(30-38-54)24-20-16-12-8-2)59-45-58-60(46-57(59)63-61(65)43-47(5)67-63)66(62-44-48(6)68-64(58)62,55-39-31-51(32-40-55)25-21-17-13-9-3)56-41-33-52(34-42-56)26-22-18-14-10-4/h27-46H,7-26H2,1-6H3. The number of hydrogen-bond donors (Lipinski definition) is 0. The molecule has 0 atom stereocenters. The van der Waals surface area contributed by atoms with Crippen molar-refractivity contribution in [2.75, 3.05) is 0 Å². The van der Waals surface area contributed by atoms with E-state index in [-0.39, 0.29) is 0 Å². The molecule has 0 aliphatic heterocycles. The maximum Gasteiger partial charge on any atom is 0.0722 e. The molecule has 2 aliphatic carbocycles. The number of rotatable bonds is 24. The molecule has 2 heteroatoms. The maximum absolute atomic E-state index is 2.70. The van der Waals surface area contributed by atoms with Gasteiger partial charge in [0.15, 0.2) is 0 Å². The molecule has 0 fully saturated rings. The summed E-state index contributed by atoms with van der Waals surface area (Å²) in [6.07, 6.45) is 25.2. The molecule has 0 spiro atoms. The molecule has 7 aromatic rings. The molecule has 0 bridgehead atoms. The molecule has 0 saturated heterocycles. The van der Waals surface area contributed by atoms with Gasteiger partial charge in [-0.15, -0.1) is 22.7 Å². The molecule has 0 N–H and O–H groups in total. The number of unbranched alkanes of at least 4 members (excludes halogenated alkanes) is 12. The van der Waals surface area contributed by atoms with E-state index in [4.69, 9.17) is 0 Å². The van der Waals surface area contributed by atoms with Crippen LogP contribution in [0.3, 0.4) is 0 Å². The zero-order valence-electron chi connectivity index (χ0n) is 42.5. The van der Waals surface area contributed by atoms with E-state index in [1.165, 1.54) is 200 Å². The van der Waals surface area contributed by atoms with Crippen molar-refractivity contribution < 1.29 is 0 Å². The van der Waals surface area contributed by atoms with Gasteiger partial charge in [0.25, 0.3) is 0 Å². The molecular formula is C66H78S2. The van der Waals surface area contributed by atoms with E-state index in [0.717, 1.165) is 25.7 Å². The van der Waals surface area contributed by atoms with E-state index >= 15 is 0 Å². The van der Waals surface area contributed by atoms with E-state index < -0.39 is 10.8 Å². The SMILES string of the molecule is CCCCCCc1ccc(C2(c3ccc(CCCCCC)cc3)c3cc4c(cc3-c3sc(C)cc32)C(c2ccc(CCCCCC)cc2)(c2ccc(CCCCCC)cc2)c2cc(C)sc2-4)cc1. The highest BCUT2D eigenvalue weighted by Crippen LogP contribution is 2.65. The first-order valence-electron chi connectivity index (χ1n) is 27.2. The summed E-state index contributed by atoms with van der Waals surface area (Å²) in [4.78, 5) is 5.65. The number of aryl methyl sites for hydroxylation is 6. The monoisotopic (exact) mass is 935 g/mol. The van der Waals surface area contributed by atoms with Crippen LogP contribution in [0.25, 0.3) is 20.9 Å². The highest BCUT2D eigenvalue weighted by atomic mass is 32.1. The van der Waals surface area contributed by atoms with Crippen molar-refractivity contribution in [1.29, 1.82) is 0 Å². The molecule has 0 amide bonds. The first kappa shape index (κ1) is 48.5. The Labute approximate surface area is 419 Å². The molecule has 0 saturated carbocycles. The smallest absolute Gasteiger partial charge is 0.0722 e. The summed E-state index contributed by atoms with van der Waals surface area (Å²) in [6.45, 7) is 13.9. The van der Waals surface area contributed by atoms with E-state index in [1.54, 1.807) is 0 Å². The average Bonchev–Trinajstić information content (AvgIpc) is 4.08. The molecule has 2 heterocycles. The Morgan fingerprint density at radius 1 is 0.309 bits per heavy atom. The topological polar surface area (TPSA) is 0 Å². The highest BCUT2D eigenvalue weighted by Gasteiger charge is 2.52. The van der Waals surface area contributed by atoms with Gasteiger partial charge in [0, 0.05) is 19.5 Å². The molecule has 354 valence electrons. The fraction of sp³-hybridized carbons (Fsp3) is 0.424. The third-order valence-corrected chi connectivity index (χ3v) is 18.0. The number of fused-ring (bicyclic) bond motifs is 6. The minimum Gasteiger partial charge on any atom is -0.140 e. The average molecular weight is 935 g/mol. The minimum absolute atomic E-state index is 0.428. The van der Waals surface area contributed by atoms with Gasteiger partial charge in [0.1, 0.15) is 0 Å². The molecule has 2 aliphatic rings. The predicted molar refractivity (Wildman–Crippen MR) is 298 cm³/mol. The predicted octanol–water partition coefficient (Wildman–Crippen LogP) is 19.6. The Balaban J connectivity index is 1.24. The second-order valence-electron chi connectivity index (χ2n) is 20.7. The maximum atomic E-state index is 2.70. The second-order valence-corrected chi connectivity index (χ2v) is 23.2. The summed E-state index contributed by atoms with van der Waals surface area (Å²) in [6, 6.07) is 50.2. The van der Waals surface area contributed by atoms with Crippen LogP contribution in [0.2, 0.25) is 0 Å². The van der Waals surface area contributed by atoms with E-state index in [0.29, 0.717) is 0 Å². The summed E-state index contributed by atoms with van der Waals surface area (Å²) < 4.78 is 0. The Morgan fingerprint density at radius 3 is 0.824 bits per heavy atom. The Hall–Kier alpha value is -4.50. The van der Waals surface area contributed by atoms with Crippen LogP contribution < -0.4 is 0 Å². The van der Waals surface area contributed by atoms with Crippen LogP contribution in [-0.2, 0) is 36.5 Å². The third-order valence-electron chi connectivity index (χ3n) is 15.8. The van der Waals surface area contributed by atoms with E-state index in [9.17, 15) is 0 Å². The van der Waals surface area contributed by atoms with Crippen LogP contribution in [0, 0.1) is 13.8 Å². The quantitative estimate of drug-likeness (QED) is 0.0530. The van der Waals surface area contributed by atoms with Crippen molar-refractivity contribution in [3.8, 4) is 20.9 Å². The van der Waals surface area contributed by atoms with E-state index in [2.05, 4.69) is 163 Å². The summed E-state index contributed by atoms with van der Waals surface area (Å²) in [5, 5.41) is 0. The van der Waals surface area contributed by atoms with Crippen molar-refractivity contribution in [2.45, 2.75) is 181 Å². The summed E-state index contributed by atoms with van der Waals surface area (Å²) in [5.41, 5.74) is 19.2. The van der Waals surface area contributed by atoms with Crippen molar-refractivity contribution in [1.82, 2.24) is 0 Å². The molecule has 9 rings (SSSR count). The lowest BCUT2D eigenvalue weighted by Gasteiger charge is -2.35. The van der Waals surface area contributed by atoms with Crippen molar-refractivity contribution in [3.63, 3.8) is 0 Å². The summed E-state index contributed by atoms with van der Waals surface area (Å²) in [5.74, 6) is 0. The Morgan fingerprint density at radius 2 is 0.574 bits per heavy atom. The van der Waals surface area contributed by atoms with Crippen LogP contribution in [0.15, 0.2) is 121 Å². The fourth-order valence-electron chi connectivity index (χ4n) is 12.2. The van der Waals surface area contributed by atoms with Crippen LogP contribution in [0.1, 0.15) is 207 Å². The summed E-state index contributed by atoms with van der Waals surface area (Å²) in [7, 11) is 0. The van der Waals surface area contributed by atoms with Gasteiger partial charge in [-0.05, 0) is 167 Å². The molecule has 0 radical (unpaired) electrons. The normalized spacial score (nSPS) is 14.0. The van der Waals surface area contributed by atoms with Crippen molar-refractivity contribution >= 4 is 22.7 Å². The lowest BCUT2D eigenvalue weighted by atomic mass is 9.65. The zero-order chi connectivity index (χ0) is 47.1. The van der Waals surface area contributed by atoms with Gasteiger partial charge in [0.2, 0.25) is 0 Å². The second kappa shape index (κ2) is 22.1. The van der Waals surface area contributed by atoms with Gasteiger partial charge in [-0.1, -0.05) is 202 Å². The lowest BCUT2D eigenvalue weighted by Crippen LogP contribution is -2.30. The van der Waals surface area contributed by atoms with Crippen molar-refractivity contribution in [3.05, 3.63) is 198 Å². The van der Waals surface area contributed by atoms with E-state index in [1.807, 2.05) is 22.7 Å². The van der Waals surface area contributed by atoms with Crippen LogP contribution in [0.5, 0.6) is 0 Å². The largest absolute Gasteiger partial charge is 0.140 e. The van der Waals surface area contributed by atoms with Crippen LogP contribution >= 0.6 is 22.7 Å². The summed E-state index contributed by atoms with van der Waals surface area (Å²) >= 11 is 4.01. The first-order valence-corrected chi connectivity index (χ1v) is 28.8. The van der Waals surface area contributed by atoms with Gasteiger partial charge < -0.3 is 0 Å². The molecule has 68 heavy (non-hydrogen) atoms. The van der Waals surface area contributed by atoms with Gasteiger partial charge in [-0.3, -0.25) is 0 Å². The van der Waals surface area contributed by atoms with Gasteiger partial charge in [0.05, 0.1) is 10.8 Å². The number of thiophene rings is 2. The molecule has 5 aromatic carbocycles. The van der Waals surface area contributed by atoms with Crippen LogP contribution in [-0.4, -0.2) is 0 Å². The van der Waals surface area contributed by atoms with Gasteiger partial charge >= 0.3 is 0 Å². The first-order chi connectivity index (χ1) is 33.4. The van der Waals surface area contributed by atoms with Gasteiger partial charge in [-0.25, -0.2) is 0 Å². The molecule has 2 aromatic heterocycles. The minimum atomic E-state index is -0.428.